The van der Waals surface area contributed by atoms with Gasteiger partial charge in [0, 0.05) is 34.9 Å². The van der Waals surface area contributed by atoms with Crippen molar-refractivity contribution in [3.8, 4) is 23.5 Å². The molecule has 0 saturated carbocycles. The van der Waals surface area contributed by atoms with Gasteiger partial charge in [-0.2, -0.15) is 0 Å². The molecule has 32 heavy (non-hydrogen) atoms. The van der Waals surface area contributed by atoms with Gasteiger partial charge in [-0.25, -0.2) is 9.78 Å². The van der Waals surface area contributed by atoms with Gasteiger partial charge in [-0.05, 0) is 37.3 Å². The number of imide groups is 1. The normalized spacial score (nSPS) is 17.8. The van der Waals surface area contributed by atoms with Crippen molar-refractivity contribution in [2.45, 2.75) is 19.0 Å². The van der Waals surface area contributed by atoms with Gasteiger partial charge in [0.1, 0.15) is 11.4 Å². The van der Waals surface area contributed by atoms with Crippen molar-refractivity contribution < 1.29 is 19.4 Å². The van der Waals surface area contributed by atoms with Crippen LogP contribution in [0.4, 0.5) is 4.79 Å². The molecule has 1 aliphatic heterocycles. The Morgan fingerprint density at radius 3 is 2.78 bits per heavy atom. The second-order valence-corrected chi connectivity index (χ2v) is 7.66. The summed E-state index contributed by atoms with van der Waals surface area (Å²) in [4.78, 5) is 29.1. The number of carbonyl (C=O) groups is 2. The number of nitrogens with zero attached hydrogens (tertiary/aromatic N) is 3. The van der Waals surface area contributed by atoms with E-state index in [9.17, 15) is 14.7 Å². The van der Waals surface area contributed by atoms with E-state index in [0.717, 1.165) is 16.7 Å². The molecule has 0 spiro atoms. The van der Waals surface area contributed by atoms with Gasteiger partial charge in [-0.1, -0.05) is 11.8 Å². The molecule has 3 amide bonds. The largest absolute Gasteiger partial charge is 0.497 e. The molecule has 160 valence electrons. The number of ether oxygens (including phenoxy) is 1. The maximum Gasteiger partial charge on any atom is 0.323 e. The number of aromatic nitrogens is 3. The first kappa shape index (κ1) is 19.5. The number of aromatic hydroxyl groups is 1. The van der Waals surface area contributed by atoms with Crippen molar-refractivity contribution in [3.05, 3.63) is 60.2 Å². The summed E-state index contributed by atoms with van der Waals surface area (Å²) in [5, 5.41) is 16.9. The van der Waals surface area contributed by atoms with Crippen molar-refractivity contribution in [3.63, 3.8) is 0 Å². The monoisotopic (exact) mass is 429 g/mol. The molecule has 4 aromatic rings. The van der Waals surface area contributed by atoms with Crippen LogP contribution in [0.3, 0.4) is 0 Å². The molecule has 1 saturated heterocycles. The molecule has 9 nitrogen and oxygen atoms in total. The third-order valence-corrected chi connectivity index (χ3v) is 5.41. The number of methoxy groups -OCH3 is 1. The van der Waals surface area contributed by atoms with Crippen molar-refractivity contribution in [2.24, 2.45) is 0 Å². The van der Waals surface area contributed by atoms with Gasteiger partial charge in [0.05, 0.1) is 19.3 Å². The van der Waals surface area contributed by atoms with Crippen LogP contribution < -0.4 is 15.4 Å². The van der Waals surface area contributed by atoms with Crippen LogP contribution >= 0.6 is 0 Å². The Kier molecular flexibility index (Phi) is 4.30. The number of fused-ring (bicyclic) bond motifs is 2. The second kappa shape index (κ2) is 7.06. The maximum absolute atomic E-state index is 12.7. The fourth-order valence-corrected chi connectivity index (χ4v) is 3.83. The number of benzene rings is 1. The van der Waals surface area contributed by atoms with Crippen molar-refractivity contribution in [1.82, 2.24) is 24.6 Å². The summed E-state index contributed by atoms with van der Waals surface area (Å²) in [6, 6.07) is 8.27. The lowest BCUT2D eigenvalue weighted by Gasteiger charge is -2.20. The zero-order valence-electron chi connectivity index (χ0n) is 17.3. The molecule has 1 fully saturated rings. The van der Waals surface area contributed by atoms with Crippen LogP contribution in [0.15, 0.2) is 48.9 Å². The van der Waals surface area contributed by atoms with Crippen molar-refractivity contribution in [2.75, 3.05) is 7.11 Å². The Morgan fingerprint density at radius 1 is 1.19 bits per heavy atom. The third-order valence-electron chi connectivity index (χ3n) is 5.41. The Bertz CT molecular complexity index is 1470. The van der Waals surface area contributed by atoms with E-state index in [0.29, 0.717) is 16.7 Å². The van der Waals surface area contributed by atoms with Gasteiger partial charge in [-0.15, -0.1) is 0 Å². The van der Waals surface area contributed by atoms with Gasteiger partial charge in [0.15, 0.2) is 5.88 Å². The number of carbonyl (C=O) groups excluding carboxylic acids is 2. The average Bonchev–Trinajstić information content (AvgIpc) is 3.38. The zero-order valence-corrected chi connectivity index (χ0v) is 17.3. The van der Waals surface area contributed by atoms with Crippen LogP contribution in [0.5, 0.6) is 11.6 Å². The van der Waals surface area contributed by atoms with E-state index in [4.69, 9.17) is 4.74 Å². The molecular formula is C23H19N5O4. The summed E-state index contributed by atoms with van der Waals surface area (Å²) in [6.45, 7) is 1.82. The fourth-order valence-electron chi connectivity index (χ4n) is 3.83. The van der Waals surface area contributed by atoms with E-state index < -0.39 is 17.5 Å². The molecule has 9 heteroatoms. The molecule has 1 atom stereocenters. The van der Waals surface area contributed by atoms with Crippen LogP contribution in [-0.4, -0.2) is 43.6 Å². The molecular weight excluding hydrogens is 410 g/mol. The Balaban J connectivity index is 1.55. The van der Waals surface area contributed by atoms with E-state index in [1.165, 1.54) is 4.57 Å². The van der Waals surface area contributed by atoms with Crippen molar-refractivity contribution >= 4 is 28.4 Å². The van der Waals surface area contributed by atoms with E-state index >= 15 is 0 Å². The number of aryl methyl sites for hydroxylation is 1. The second-order valence-electron chi connectivity index (χ2n) is 7.66. The minimum atomic E-state index is -1.55. The number of amides is 3. The minimum absolute atomic E-state index is 0.0515. The average molecular weight is 429 g/mol. The molecule has 4 heterocycles. The zero-order chi connectivity index (χ0) is 22.5. The summed E-state index contributed by atoms with van der Waals surface area (Å²) in [7, 11) is 1.54. The van der Waals surface area contributed by atoms with Crippen LogP contribution in [-0.2, 0) is 11.3 Å². The maximum atomic E-state index is 12.7. The fraction of sp³-hybridized carbons (Fsp3) is 0.174. The van der Waals surface area contributed by atoms with Crippen LogP contribution in [0.1, 0.15) is 11.3 Å². The highest BCUT2D eigenvalue weighted by atomic mass is 16.5. The molecule has 1 aliphatic rings. The van der Waals surface area contributed by atoms with E-state index in [1.54, 1.807) is 43.8 Å². The van der Waals surface area contributed by atoms with E-state index in [-0.39, 0.29) is 12.4 Å². The van der Waals surface area contributed by atoms with Crippen LogP contribution in [0.25, 0.3) is 16.4 Å². The first-order valence-electron chi connectivity index (χ1n) is 9.85. The molecule has 5 rings (SSSR count). The summed E-state index contributed by atoms with van der Waals surface area (Å²) in [5.41, 5.74) is 0.762. The van der Waals surface area contributed by atoms with Gasteiger partial charge in [0.2, 0.25) is 5.54 Å². The smallest absolute Gasteiger partial charge is 0.323 e. The summed E-state index contributed by atoms with van der Waals surface area (Å²) in [5.74, 6) is 5.87. The quantitative estimate of drug-likeness (QED) is 0.341. The van der Waals surface area contributed by atoms with Crippen molar-refractivity contribution in [1.29, 1.82) is 0 Å². The van der Waals surface area contributed by atoms with E-state index in [1.807, 2.05) is 23.6 Å². The standard InChI is InChI=1S/C23H19N5O4/c1-14-10-27-11-15(3-6-19(27)24-14)7-8-23(21(30)25-22(31)26-23)13-28-12-16-4-5-17(32-2)9-18(16)20(28)29/h3-6,9-12,29H,13H2,1-2H3,(H2,25,26,30,31)/t23-/m1/s1. The summed E-state index contributed by atoms with van der Waals surface area (Å²) in [6.07, 6.45) is 5.38. The van der Waals surface area contributed by atoms with Gasteiger partial charge >= 0.3 is 6.03 Å². The van der Waals surface area contributed by atoms with Gasteiger partial charge in [0.25, 0.3) is 5.91 Å². The SMILES string of the molecule is COc1ccc2cn(C[C@@]3(C#Cc4ccc5nc(C)cn5c4)NC(=O)NC3=O)c(O)c2c1. The van der Waals surface area contributed by atoms with Crippen LogP contribution in [0, 0.1) is 18.8 Å². The highest BCUT2D eigenvalue weighted by Gasteiger charge is 2.46. The Labute approximate surface area is 182 Å². The highest BCUT2D eigenvalue weighted by Crippen LogP contribution is 2.32. The van der Waals surface area contributed by atoms with Gasteiger partial charge < -0.3 is 24.1 Å². The van der Waals surface area contributed by atoms with E-state index in [2.05, 4.69) is 27.5 Å². The topological polar surface area (TPSA) is 110 Å². The number of pyridine rings is 1. The van der Waals surface area contributed by atoms with Crippen LogP contribution in [0.2, 0.25) is 0 Å². The predicted molar refractivity (Wildman–Crippen MR) is 116 cm³/mol. The molecule has 0 bridgehead atoms. The lowest BCUT2D eigenvalue weighted by Crippen LogP contribution is -2.49. The number of imidazole rings is 1. The molecule has 0 radical (unpaired) electrons. The number of urea groups is 1. The minimum Gasteiger partial charge on any atom is -0.497 e. The third kappa shape index (κ3) is 3.18. The molecule has 0 unspecified atom stereocenters. The number of rotatable bonds is 3. The number of hydrogen-bond donors (Lipinski definition) is 3. The highest BCUT2D eigenvalue weighted by molar-refractivity contribution is 6.09. The first-order valence-corrected chi connectivity index (χ1v) is 9.85. The Morgan fingerprint density at radius 2 is 2.03 bits per heavy atom. The molecule has 3 aromatic heterocycles. The lowest BCUT2D eigenvalue weighted by atomic mass is 10.00. The van der Waals surface area contributed by atoms with Gasteiger partial charge in [-0.3, -0.25) is 10.1 Å². The summed E-state index contributed by atoms with van der Waals surface area (Å²) >= 11 is 0. The lowest BCUT2D eigenvalue weighted by molar-refractivity contribution is -0.122. The molecule has 1 aromatic carbocycles. The number of nitrogens with one attached hydrogen (secondary N) is 2. The predicted octanol–water partition coefficient (Wildman–Crippen LogP) is 1.94. The number of hydrogen-bond acceptors (Lipinski definition) is 5. The molecule has 3 N–H and O–H groups in total. The first-order chi connectivity index (χ1) is 15.4. The molecule has 0 aliphatic carbocycles. The Hall–Kier alpha value is -4.45. The summed E-state index contributed by atoms with van der Waals surface area (Å²) < 4.78 is 8.56.